The number of pyridine rings is 1. The average Bonchev–Trinajstić information content (AvgIpc) is 2.48. The highest BCUT2D eigenvalue weighted by atomic mass is 16.6. The minimum Gasteiger partial charge on any atom is -0.460 e. The number of carbonyl (C=O) groups excluding carboxylic acids is 2. The molecule has 0 fully saturated rings. The second kappa shape index (κ2) is 7.05. The predicted molar refractivity (Wildman–Crippen MR) is 85.7 cm³/mol. The summed E-state index contributed by atoms with van der Waals surface area (Å²) in [6.07, 6.45) is 3.89. The van der Waals surface area contributed by atoms with Gasteiger partial charge in [-0.25, -0.2) is 0 Å². The SMILES string of the molecule is CC(C)(C)OC(=O)Cc1ccc(Oc2ccncc2C=O)cc1. The van der Waals surface area contributed by atoms with Gasteiger partial charge in [-0.05, 0) is 44.5 Å². The Hall–Kier alpha value is -2.69. The van der Waals surface area contributed by atoms with Crippen LogP contribution >= 0.6 is 0 Å². The van der Waals surface area contributed by atoms with Gasteiger partial charge in [0.15, 0.2) is 6.29 Å². The Labute approximate surface area is 135 Å². The van der Waals surface area contributed by atoms with Crippen LogP contribution in [-0.2, 0) is 16.0 Å². The molecular weight excluding hydrogens is 294 g/mol. The van der Waals surface area contributed by atoms with Gasteiger partial charge in [-0.3, -0.25) is 14.6 Å². The molecule has 5 nitrogen and oxygen atoms in total. The molecule has 0 N–H and O–H groups in total. The van der Waals surface area contributed by atoms with Crippen LogP contribution in [0.2, 0.25) is 0 Å². The Morgan fingerprint density at radius 1 is 1.17 bits per heavy atom. The highest BCUT2D eigenvalue weighted by Crippen LogP contribution is 2.24. The molecule has 0 spiro atoms. The summed E-state index contributed by atoms with van der Waals surface area (Å²) >= 11 is 0. The van der Waals surface area contributed by atoms with Crippen molar-refractivity contribution in [2.24, 2.45) is 0 Å². The van der Waals surface area contributed by atoms with Crippen molar-refractivity contribution in [1.82, 2.24) is 4.98 Å². The van der Waals surface area contributed by atoms with Crippen molar-refractivity contribution in [1.29, 1.82) is 0 Å². The summed E-state index contributed by atoms with van der Waals surface area (Å²) in [5.41, 5.74) is 0.717. The van der Waals surface area contributed by atoms with E-state index in [1.165, 1.54) is 6.20 Å². The van der Waals surface area contributed by atoms with Crippen LogP contribution in [0.3, 0.4) is 0 Å². The largest absolute Gasteiger partial charge is 0.460 e. The van der Waals surface area contributed by atoms with Crippen LogP contribution < -0.4 is 4.74 Å². The van der Waals surface area contributed by atoms with Gasteiger partial charge in [-0.2, -0.15) is 0 Å². The molecule has 0 atom stereocenters. The Kier molecular flexibility index (Phi) is 5.11. The number of aromatic nitrogens is 1. The third-order valence-electron chi connectivity index (χ3n) is 2.86. The van der Waals surface area contributed by atoms with Crippen molar-refractivity contribution < 1.29 is 19.1 Å². The fraction of sp³-hybridized carbons (Fsp3) is 0.278. The molecule has 0 amide bonds. The van der Waals surface area contributed by atoms with Gasteiger partial charge in [-0.15, -0.1) is 0 Å². The predicted octanol–water partition coefficient (Wildman–Crippen LogP) is 3.57. The van der Waals surface area contributed by atoms with Crippen molar-refractivity contribution in [3.05, 3.63) is 53.9 Å². The van der Waals surface area contributed by atoms with E-state index in [1.54, 1.807) is 36.5 Å². The lowest BCUT2D eigenvalue weighted by Crippen LogP contribution is -2.24. The number of aldehydes is 1. The molecule has 1 aromatic carbocycles. The minimum absolute atomic E-state index is 0.201. The highest BCUT2D eigenvalue weighted by molar-refractivity contribution is 5.78. The molecule has 0 unspecified atom stereocenters. The summed E-state index contributed by atoms with van der Waals surface area (Å²) in [5, 5.41) is 0. The van der Waals surface area contributed by atoms with Gasteiger partial charge in [0.2, 0.25) is 0 Å². The zero-order chi connectivity index (χ0) is 16.9. The van der Waals surface area contributed by atoms with Gasteiger partial charge in [-0.1, -0.05) is 12.1 Å². The van der Waals surface area contributed by atoms with E-state index in [4.69, 9.17) is 9.47 Å². The second-order valence-corrected chi connectivity index (χ2v) is 6.04. The lowest BCUT2D eigenvalue weighted by atomic mass is 10.1. The first-order valence-electron chi connectivity index (χ1n) is 7.25. The number of esters is 1. The number of ether oxygens (including phenoxy) is 2. The molecule has 0 bridgehead atoms. The van der Waals surface area contributed by atoms with Crippen molar-refractivity contribution in [2.75, 3.05) is 0 Å². The van der Waals surface area contributed by atoms with E-state index in [-0.39, 0.29) is 12.4 Å². The van der Waals surface area contributed by atoms with Crippen LogP contribution in [0.25, 0.3) is 0 Å². The smallest absolute Gasteiger partial charge is 0.310 e. The van der Waals surface area contributed by atoms with Crippen molar-refractivity contribution in [3.63, 3.8) is 0 Å². The van der Waals surface area contributed by atoms with E-state index in [0.29, 0.717) is 23.3 Å². The molecule has 0 aliphatic rings. The van der Waals surface area contributed by atoms with E-state index < -0.39 is 5.60 Å². The number of rotatable bonds is 5. The van der Waals surface area contributed by atoms with Crippen LogP contribution in [-0.4, -0.2) is 22.8 Å². The quantitative estimate of drug-likeness (QED) is 0.623. The maximum absolute atomic E-state index is 11.8. The summed E-state index contributed by atoms with van der Waals surface area (Å²) in [6.45, 7) is 5.50. The molecule has 1 aromatic heterocycles. The Morgan fingerprint density at radius 2 is 1.87 bits per heavy atom. The molecule has 2 rings (SSSR count). The number of hydrogen-bond acceptors (Lipinski definition) is 5. The van der Waals surface area contributed by atoms with Gasteiger partial charge < -0.3 is 9.47 Å². The number of benzene rings is 1. The third-order valence-corrected chi connectivity index (χ3v) is 2.86. The van der Waals surface area contributed by atoms with Crippen molar-refractivity contribution in [3.8, 4) is 11.5 Å². The monoisotopic (exact) mass is 313 g/mol. The highest BCUT2D eigenvalue weighted by Gasteiger charge is 2.16. The second-order valence-electron chi connectivity index (χ2n) is 6.04. The summed E-state index contributed by atoms with van der Waals surface area (Å²) < 4.78 is 10.9. The van der Waals surface area contributed by atoms with E-state index in [0.717, 1.165) is 5.56 Å². The van der Waals surface area contributed by atoms with Crippen molar-refractivity contribution in [2.45, 2.75) is 32.8 Å². The molecule has 0 radical (unpaired) electrons. The number of nitrogens with zero attached hydrogens (tertiary/aromatic N) is 1. The van der Waals surface area contributed by atoms with Gasteiger partial charge in [0.25, 0.3) is 0 Å². The number of carbonyl (C=O) groups is 2. The van der Waals surface area contributed by atoms with E-state index in [1.807, 2.05) is 20.8 Å². The van der Waals surface area contributed by atoms with E-state index >= 15 is 0 Å². The average molecular weight is 313 g/mol. The minimum atomic E-state index is -0.493. The first-order valence-corrected chi connectivity index (χ1v) is 7.25. The van der Waals surface area contributed by atoms with E-state index in [9.17, 15) is 9.59 Å². The molecule has 1 heterocycles. The fourth-order valence-corrected chi connectivity index (χ4v) is 1.92. The molecule has 2 aromatic rings. The topological polar surface area (TPSA) is 65.5 Å². The first-order chi connectivity index (χ1) is 10.9. The molecule has 120 valence electrons. The van der Waals surface area contributed by atoms with Crippen LogP contribution in [0.4, 0.5) is 0 Å². The zero-order valence-corrected chi connectivity index (χ0v) is 13.4. The van der Waals surface area contributed by atoms with Crippen LogP contribution in [0.15, 0.2) is 42.7 Å². The summed E-state index contributed by atoms with van der Waals surface area (Å²) in [4.78, 5) is 26.6. The molecule has 0 saturated heterocycles. The fourth-order valence-electron chi connectivity index (χ4n) is 1.92. The van der Waals surface area contributed by atoms with Crippen molar-refractivity contribution >= 4 is 12.3 Å². The van der Waals surface area contributed by atoms with Gasteiger partial charge in [0, 0.05) is 12.4 Å². The molecule has 0 aliphatic heterocycles. The Morgan fingerprint density at radius 3 is 2.48 bits per heavy atom. The first kappa shape index (κ1) is 16.7. The van der Waals surface area contributed by atoms with Gasteiger partial charge in [0.1, 0.15) is 17.1 Å². The van der Waals surface area contributed by atoms with E-state index in [2.05, 4.69) is 4.98 Å². The maximum atomic E-state index is 11.8. The molecular formula is C18H19NO4. The summed E-state index contributed by atoms with van der Waals surface area (Å²) in [6, 6.07) is 8.70. The molecule has 0 aliphatic carbocycles. The van der Waals surface area contributed by atoms with Gasteiger partial charge in [0.05, 0.1) is 12.0 Å². The Bertz CT molecular complexity index is 687. The summed E-state index contributed by atoms with van der Waals surface area (Å²) in [5.74, 6) is 0.741. The lowest BCUT2D eigenvalue weighted by molar-refractivity contribution is -0.153. The van der Waals surface area contributed by atoms with Gasteiger partial charge >= 0.3 is 5.97 Å². The van der Waals surface area contributed by atoms with Crippen LogP contribution in [0.5, 0.6) is 11.5 Å². The molecule has 0 saturated carbocycles. The molecule has 5 heteroatoms. The molecule has 23 heavy (non-hydrogen) atoms. The van der Waals surface area contributed by atoms with Crippen LogP contribution in [0.1, 0.15) is 36.7 Å². The third kappa shape index (κ3) is 5.21. The normalized spacial score (nSPS) is 10.9. The maximum Gasteiger partial charge on any atom is 0.310 e. The summed E-state index contributed by atoms with van der Waals surface area (Å²) in [7, 11) is 0. The Balaban J connectivity index is 2.02. The van der Waals surface area contributed by atoms with Crippen LogP contribution in [0, 0.1) is 0 Å². The lowest BCUT2D eigenvalue weighted by Gasteiger charge is -2.19. The number of hydrogen-bond donors (Lipinski definition) is 0. The standard InChI is InChI=1S/C18H19NO4/c1-18(2,3)23-17(21)10-13-4-6-15(7-5-13)22-16-8-9-19-11-14(16)12-20/h4-9,11-12H,10H2,1-3H3. The zero-order valence-electron chi connectivity index (χ0n) is 13.4.